The standard InChI is InChI=1S/C24H27ClN6O5S/c1-14-11-30(12-15(2)36-14)24(33)17-5-6-21(26-10-17)31-22(27-13-28-31)16(3)29-23(32)18-7-19(25)9-20(8-18)37(4,34)35/h5-10,13-16H,11-12H2,1-4H3,(H,29,32)/t14-,15-,16-/m0/s1. The second-order valence-corrected chi connectivity index (χ2v) is 11.5. The van der Waals surface area contributed by atoms with Crippen LogP contribution in [0.25, 0.3) is 5.82 Å². The molecule has 3 aromatic rings. The lowest BCUT2D eigenvalue weighted by molar-refractivity contribution is -0.0586. The van der Waals surface area contributed by atoms with Crippen molar-refractivity contribution in [3.05, 3.63) is 64.8 Å². The largest absolute Gasteiger partial charge is 0.372 e. The molecule has 1 N–H and O–H groups in total. The van der Waals surface area contributed by atoms with Crippen LogP contribution in [0.15, 0.2) is 47.8 Å². The molecule has 0 bridgehead atoms. The number of hydrogen-bond acceptors (Lipinski definition) is 8. The first-order valence-electron chi connectivity index (χ1n) is 11.5. The van der Waals surface area contributed by atoms with Crippen molar-refractivity contribution in [2.75, 3.05) is 19.3 Å². The minimum atomic E-state index is -3.55. The molecule has 0 radical (unpaired) electrons. The average Bonchev–Trinajstić information content (AvgIpc) is 3.32. The third-order valence-corrected chi connectivity index (χ3v) is 7.10. The van der Waals surface area contributed by atoms with Crippen LogP contribution in [0.1, 0.15) is 53.4 Å². The van der Waals surface area contributed by atoms with Crippen LogP contribution < -0.4 is 5.32 Å². The van der Waals surface area contributed by atoms with Crippen molar-refractivity contribution in [2.24, 2.45) is 0 Å². The average molecular weight is 547 g/mol. The number of nitrogens with one attached hydrogen (secondary N) is 1. The molecule has 2 amide bonds. The summed E-state index contributed by atoms with van der Waals surface area (Å²) in [5.41, 5.74) is 0.536. The summed E-state index contributed by atoms with van der Waals surface area (Å²) >= 11 is 6.03. The van der Waals surface area contributed by atoms with Crippen molar-refractivity contribution in [3.63, 3.8) is 0 Å². The Morgan fingerprint density at radius 2 is 1.81 bits per heavy atom. The van der Waals surface area contributed by atoms with Crippen LogP contribution in [0, 0.1) is 0 Å². The maximum Gasteiger partial charge on any atom is 0.255 e. The van der Waals surface area contributed by atoms with Gasteiger partial charge in [-0.3, -0.25) is 9.59 Å². The third-order valence-electron chi connectivity index (χ3n) is 5.79. The van der Waals surface area contributed by atoms with E-state index >= 15 is 0 Å². The minimum absolute atomic E-state index is 0.0424. The first-order valence-corrected chi connectivity index (χ1v) is 13.8. The molecule has 0 saturated carbocycles. The highest BCUT2D eigenvalue weighted by molar-refractivity contribution is 7.90. The lowest BCUT2D eigenvalue weighted by Crippen LogP contribution is -2.48. The van der Waals surface area contributed by atoms with Gasteiger partial charge >= 0.3 is 0 Å². The summed E-state index contributed by atoms with van der Waals surface area (Å²) in [5, 5.41) is 7.12. The number of hydrogen-bond donors (Lipinski definition) is 1. The van der Waals surface area contributed by atoms with Crippen molar-refractivity contribution in [3.8, 4) is 5.82 Å². The van der Waals surface area contributed by atoms with Crippen molar-refractivity contribution < 1.29 is 22.7 Å². The first-order chi connectivity index (χ1) is 17.4. The molecule has 1 fully saturated rings. The molecule has 1 saturated heterocycles. The number of amides is 2. The van der Waals surface area contributed by atoms with Crippen molar-refractivity contribution in [2.45, 2.75) is 43.9 Å². The molecule has 4 rings (SSSR count). The van der Waals surface area contributed by atoms with Crippen LogP contribution in [0.5, 0.6) is 0 Å². The lowest BCUT2D eigenvalue weighted by Gasteiger charge is -2.35. The molecule has 3 heterocycles. The van der Waals surface area contributed by atoms with Crippen LogP contribution in [-0.4, -0.2) is 76.4 Å². The zero-order valence-corrected chi connectivity index (χ0v) is 22.3. The molecule has 1 aromatic carbocycles. The summed E-state index contributed by atoms with van der Waals surface area (Å²) in [7, 11) is -3.55. The maximum absolute atomic E-state index is 12.9. The number of carbonyl (C=O) groups excluding carboxylic acids is 2. The second kappa shape index (κ2) is 10.6. The second-order valence-electron chi connectivity index (χ2n) is 9.05. The fraction of sp³-hybridized carbons (Fsp3) is 0.375. The van der Waals surface area contributed by atoms with E-state index in [0.29, 0.717) is 30.3 Å². The lowest BCUT2D eigenvalue weighted by atomic mass is 10.2. The summed E-state index contributed by atoms with van der Waals surface area (Å²) in [6, 6.07) is 6.65. The smallest absolute Gasteiger partial charge is 0.255 e. The number of pyridine rings is 1. The highest BCUT2D eigenvalue weighted by Crippen LogP contribution is 2.21. The molecule has 196 valence electrons. The normalized spacial score (nSPS) is 18.9. The summed E-state index contributed by atoms with van der Waals surface area (Å²) in [4.78, 5) is 36.1. The molecule has 0 aliphatic carbocycles. The van der Waals surface area contributed by atoms with Gasteiger partial charge in [-0.2, -0.15) is 9.78 Å². The summed E-state index contributed by atoms with van der Waals surface area (Å²) in [6.07, 6.45) is 3.77. The predicted molar refractivity (Wildman–Crippen MR) is 136 cm³/mol. The van der Waals surface area contributed by atoms with Crippen LogP contribution in [0.2, 0.25) is 5.02 Å². The van der Waals surface area contributed by atoms with Crippen LogP contribution in [0.3, 0.4) is 0 Å². The summed E-state index contributed by atoms with van der Waals surface area (Å²) in [6.45, 7) is 6.58. The fourth-order valence-electron chi connectivity index (χ4n) is 4.14. The Balaban J connectivity index is 1.50. The molecule has 2 aromatic heterocycles. The van der Waals surface area contributed by atoms with E-state index in [-0.39, 0.29) is 33.6 Å². The Kier molecular flexibility index (Phi) is 7.62. The molecule has 11 nitrogen and oxygen atoms in total. The summed E-state index contributed by atoms with van der Waals surface area (Å²) in [5.74, 6) is 0.143. The van der Waals surface area contributed by atoms with E-state index in [1.54, 1.807) is 24.0 Å². The Morgan fingerprint density at radius 1 is 1.11 bits per heavy atom. The highest BCUT2D eigenvalue weighted by Gasteiger charge is 2.27. The van der Waals surface area contributed by atoms with Gasteiger partial charge in [0.05, 0.1) is 28.7 Å². The number of nitrogens with zero attached hydrogens (tertiary/aromatic N) is 5. The molecule has 0 spiro atoms. The fourth-order valence-corrected chi connectivity index (χ4v) is 5.12. The Bertz CT molecular complexity index is 1420. The molecule has 1 aliphatic rings. The third kappa shape index (κ3) is 6.14. The summed E-state index contributed by atoms with van der Waals surface area (Å²) < 4.78 is 31.0. The molecule has 3 atom stereocenters. The van der Waals surface area contributed by atoms with Gasteiger partial charge in [-0.05, 0) is 51.1 Å². The van der Waals surface area contributed by atoms with E-state index in [9.17, 15) is 18.0 Å². The van der Waals surface area contributed by atoms with Gasteiger partial charge in [-0.15, -0.1) is 0 Å². The quantitative estimate of drug-likeness (QED) is 0.498. The van der Waals surface area contributed by atoms with Gasteiger partial charge in [0.1, 0.15) is 6.33 Å². The number of halogens is 1. The number of ether oxygens (including phenoxy) is 1. The molecule has 13 heteroatoms. The van der Waals surface area contributed by atoms with Crippen molar-refractivity contribution >= 4 is 33.3 Å². The zero-order chi connectivity index (χ0) is 26.9. The van der Waals surface area contributed by atoms with Gasteiger partial charge in [-0.25, -0.2) is 18.4 Å². The molecule has 0 unspecified atom stereocenters. The SMILES string of the molecule is C[C@H](NC(=O)c1cc(Cl)cc(S(C)(=O)=O)c1)c1ncnn1-c1ccc(C(=O)N2C[C@H](C)O[C@@H](C)C2)cn1. The Hall–Kier alpha value is -3.35. The number of sulfone groups is 1. The van der Waals surface area contributed by atoms with E-state index in [0.717, 1.165) is 6.26 Å². The number of morpholine rings is 1. The Labute approximate surface area is 219 Å². The van der Waals surface area contributed by atoms with Gasteiger partial charge in [-0.1, -0.05) is 11.6 Å². The number of rotatable bonds is 6. The van der Waals surface area contributed by atoms with Crippen LogP contribution in [0.4, 0.5) is 0 Å². The molecule has 37 heavy (non-hydrogen) atoms. The molecular formula is C24H27ClN6O5S. The predicted octanol–water partition coefficient (Wildman–Crippen LogP) is 2.46. The van der Waals surface area contributed by atoms with Gasteiger partial charge in [0, 0.05) is 36.1 Å². The topological polar surface area (TPSA) is 136 Å². The molecular weight excluding hydrogens is 520 g/mol. The van der Waals surface area contributed by atoms with E-state index in [1.807, 2.05) is 13.8 Å². The number of aromatic nitrogens is 4. The van der Waals surface area contributed by atoms with E-state index in [1.165, 1.54) is 35.4 Å². The number of benzene rings is 1. The van der Waals surface area contributed by atoms with Gasteiger partial charge < -0.3 is 15.0 Å². The minimum Gasteiger partial charge on any atom is -0.372 e. The van der Waals surface area contributed by atoms with Gasteiger partial charge in [0.25, 0.3) is 11.8 Å². The Morgan fingerprint density at radius 3 is 2.43 bits per heavy atom. The van der Waals surface area contributed by atoms with E-state index < -0.39 is 21.8 Å². The zero-order valence-electron chi connectivity index (χ0n) is 20.8. The van der Waals surface area contributed by atoms with Crippen molar-refractivity contribution in [1.29, 1.82) is 0 Å². The number of carbonyl (C=O) groups is 2. The maximum atomic E-state index is 12.9. The van der Waals surface area contributed by atoms with Gasteiger partial charge in [0.2, 0.25) is 0 Å². The van der Waals surface area contributed by atoms with E-state index in [2.05, 4.69) is 20.4 Å². The van der Waals surface area contributed by atoms with E-state index in [4.69, 9.17) is 16.3 Å². The molecule has 1 aliphatic heterocycles. The van der Waals surface area contributed by atoms with Gasteiger partial charge in [0.15, 0.2) is 21.5 Å². The highest BCUT2D eigenvalue weighted by atomic mass is 35.5. The van der Waals surface area contributed by atoms with Crippen LogP contribution in [-0.2, 0) is 14.6 Å². The monoisotopic (exact) mass is 546 g/mol. The first kappa shape index (κ1) is 26.7. The van der Waals surface area contributed by atoms with Crippen molar-refractivity contribution in [1.82, 2.24) is 30.0 Å². The van der Waals surface area contributed by atoms with Crippen LogP contribution >= 0.6 is 11.6 Å².